The quantitative estimate of drug-likeness (QED) is 0.868. The molecule has 1 heterocycles. The van der Waals surface area contributed by atoms with Crippen molar-refractivity contribution < 1.29 is 9.13 Å². The largest absolute Gasteiger partial charge is 0.381 e. The van der Waals surface area contributed by atoms with Crippen LogP contribution in [0.2, 0.25) is 0 Å². The van der Waals surface area contributed by atoms with E-state index in [0.717, 1.165) is 38.2 Å². The van der Waals surface area contributed by atoms with Crippen molar-refractivity contribution in [1.82, 2.24) is 5.32 Å². The molecule has 2 nitrogen and oxygen atoms in total. The summed E-state index contributed by atoms with van der Waals surface area (Å²) in [7, 11) is 0. The van der Waals surface area contributed by atoms with Gasteiger partial charge in [-0.25, -0.2) is 4.39 Å². The molecule has 0 radical (unpaired) electrons. The van der Waals surface area contributed by atoms with Crippen molar-refractivity contribution in [1.29, 1.82) is 0 Å². The Morgan fingerprint density at radius 3 is 3.12 bits per heavy atom. The van der Waals surface area contributed by atoms with E-state index in [0.29, 0.717) is 12.0 Å². The Morgan fingerprint density at radius 1 is 1.47 bits per heavy atom. The number of hydrogen-bond donors (Lipinski definition) is 1. The highest BCUT2D eigenvalue weighted by Gasteiger charge is 2.25. The van der Waals surface area contributed by atoms with Crippen molar-refractivity contribution in [2.75, 3.05) is 19.8 Å². The van der Waals surface area contributed by atoms with Gasteiger partial charge in [-0.1, -0.05) is 19.1 Å². The molecular formula is C14H20FNO. The summed E-state index contributed by atoms with van der Waals surface area (Å²) in [6, 6.07) is 7.37. The summed E-state index contributed by atoms with van der Waals surface area (Å²) in [6.07, 6.45) is 1.93. The van der Waals surface area contributed by atoms with Crippen LogP contribution in [0.15, 0.2) is 24.3 Å². The van der Waals surface area contributed by atoms with E-state index in [1.165, 1.54) is 6.07 Å². The van der Waals surface area contributed by atoms with Crippen molar-refractivity contribution in [3.8, 4) is 0 Å². The van der Waals surface area contributed by atoms with Gasteiger partial charge in [0.25, 0.3) is 0 Å². The van der Waals surface area contributed by atoms with Crippen LogP contribution >= 0.6 is 0 Å². The third kappa shape index (κ3) is 3.51. The van der Waals surface area contributed by atoms with Crippen LogP contribution < -0.4 is 5.32 Å². The van der Waals surface area contributed by atoms with Gasteiger partial charge < -0.3 is 10.1 Å². The lowest BCUT2D eigenvalue weighted by molar-refractivity contribution is 0.0326. The summed E-state index contributed by atoms with van der Waals surface area (Å²) in [5, 5.41) is 3.50. The first kappa shape index (κ1) is 12.5. The molecule has 1 saturated heterocycles. The third-order valence-corrected chi connectivity index (χ3v) is 3.33. The number of hydrogen-bond acceptors (Lipinski definition) is 2. The van der Waals surface area contributed by atoms with Gasteiger partial charge in [0.1, 0.15) is 5.82 Å². The first-order valence-corrected chi connectivity index (χ1v) is 6.35. The van der Waals surface area contributed by atoms with Gasteiger partial charge in [-0.15, -0.1) is 0 Å². The van der Waals surface area contributed by atoms with E-state index in [2.05, 4.69) is 12.2 Å². The summed E-state index contributed by atoms with van der Waals surface area (Å²) in [4.78, 5) is 0. The molecule has 1 aliphatic heterocycles. The van der Waals surface area contributed by atoms with E-state index < -0.39 is 0 Å². The summed E-state index contributed by atoms with van der Waals surface area (Å²) in [5.41, 5.74) is 1.06. The molecule has 0 saturated carbocycles. The van der Waals surface area contributed by atoms with Gasteiger partial charge in [0.2, 0.25) is 0 Å². The SMILES string of the molecule is CCN[C@H]1CCOC[C@H]1Cc1cccc(F)c1. The number of halogens is 1. The van der Waals surface area contributed by atoms with Gasteiger partial charge in [0, 0.05) is 18.6 Å². The Labute approximate surface area is 102 Å². The fourth-order valence-corrected chi connectivity index (χ4v) is 2.50. The molecule has 17 heavy (non-hydrogen) atoms. The van der Waals surface area contributed by atoms with Crippen LogP contribution in [0.25, 0.3) is 0 Å². The average molecular weight is 237 g/mol. The molecule has 1 aromatic rings. The maximum absolute atomic E-state index is 13.1. The minimum absolute atomic E-state index is 0.153. The predicted molar refractivity (Wildman–Crippen MR) is 66.5 cm³/mol. The second kappa shape index (κ2) is 6.12. The second-order valence-electron chi connectivity index (χ2n) is 4.62. The molecule has 0 spiro atoms. The van der Waals surface area contributed by atoms with Gasteiger partial charge >= 0.3 is 0 Å². The van der Waals surface area contributed by atoms with Crippen molar-refractivity contribution in [2.24, 2.45) is 5.92 Å². The maximum atomic E-state index is 13.1. The van der Waals surface area contributed by atoms with Crippen LogP contribution in [0.4, 0.5) is 4.39 Å². The van der Waals surface area contributed by atoms with Crippen molar-refractivity contribution in [2.45, 2.75) is 25.8 Å². The molecule has 1 fully saturated rings. The zero-order chi connectivity index (χ0) is 12.1. The Kier molecular flexibility index (Phi) is 4.51. The normalized spacial score (nSPS) is 24.8. The number of nitrogens with one attached hydrogen (secondary N) is 1. The molecule has 0 unspecified atom stereocenters. The van der Waals surface area contributed by atoms with E-state index >= 15 is 0 Å². The lowest BCUT2D eigenvalue weighted by Crippen LogP contribution is -2.43. The summed E-state index contributed by atoms with van der Waals surface area (Å²) in [5.74, 6) is 0.296. The van der Waals surface area contributed by atoms with Gasteiger partial charge in [-0.05, 0) is 37.1 Å². The van der Waals surface area contributed by atoms with Gasteiger partial charge in [0.05, 0.1) is 6.61 Å². The Morgan fingerprint density at radius 2 is 2.35 bits per heavy atom. The highest BCUT2D eigenvalue weighted by atomic mass is 19.1. The second-order valence-corrected chi connectivity index (χ2v) is 4.62. The predicted octanol–water partition coefficient (Wildman–Crippen LogP) is 2.38. The highest BCUT2D eigenvalue weighted by Crippen LogP contribution is 2.20. The molecule has 2 atom stereocenters. The topological polar surface area (TPSA) is 21.3 Å². The summed E-state index contributed by atoms with van der Waals surface area (Å²) >= 11 is 0. The fraction of sp³-hybridized carbons (Fsp3) is 0.571. The van der Waals surface area contributed by atoms with E-state index in [1.54, 1.807) is 12.1 Å². The number of benzene rings is 1. The molecule has 1 N–H and O–H groups in total. The molecule has 3 heteroatoms. The van der Waals surface area contributed by atoms with Crippen LogP contribution in [-0.4, -0.2) is 25.8 Å². The first-order chi connectivity index (χ1) is 8.29. The van der Waals surface area contributed by atoms with Gasteiger partial charge in [0.15, 0.2) is 0 Å². The molecule has 1 aromatic carbocycles. The standard InChI is InChI=1S/C14H20FNO/c1-2-16-14-6-7-17-10-12(14)8-11-4-3-5-13(15)9-11/h3-5,9,12,14,16H,2,6-8,10H2,1H3/t12-,14+/m1/s1. The molecular weight excluding hydrogens is 217 g/mol. The lowest BCUT2D eigenvalue weighted by atomic mass is 9.89. The third-order valence-electron chi connectivity index (χ3n) is 3.33. The van der Waals surface area contributed by atoms with Crippen molar-refractivity contribution in [3.05, 3.63) is 35.6 Å². The fourth-order valence-electron chi connectivity index (χ4n) is 2.50. The van der Waals surface area contributed by atoms with Gasteiger partial charge in [-0.3, -0.25) is 0 Å². The molecule has 0 amide bonds. The first-order valence-electron chi connectivity index (χ1n) is 6.35. The molecule has 2 rings (SSSR count). The molecule has 94 valence electrons. The number of rotatable bonds is 4. The molecule has 1 aliphatic rings. The van der Waals surface area contributed by atoms with E-state index in [4.69, 9.17) is 4.74 Å². The molecule has 0 aliphatic carbocycles. The van der Waals surface area contributed by atoms with E-state index in [1.807, 2.05) is 6.07 Å². The maximum Gasteiger partial charge on any atom is 0.123 e. The van der Waals surface area contributed by atoms with Crippen LogP contribution in [0.1, 0.15) is 18.9 Å². The molecule has 0 aromatic heterocycles. The average Bonchev–Trinajstić information content (AvgIpc) is 2.32. The summed E-state index contributed by atoms with van der Waals surface area (Å²) in [6.45, 7) is 4.70. The van der Waals surface area contributed by atoms with Crippen LogP contribution in [0.5, 0.6) is 0 Å². The zero-order valence-corrected chi connectivity index (χ0v) is 10.3. The van der Waals surface area contributed by atoms with Crippen LogP contribution in [-0.2, 0) is 11.2 Å². The Hall–Kier alpha value is -0.930. The Bertz CT molecular complexity index is 354. The Balaban J connectivity index is 2.00. The van der Waals surface area contributed by atoms with E-state index in [9.17, 15) is 4.39 Å². The van der Waals surface area contributed by atoms with Gasteiger partial charge in [-0.2, -0.15) is 0 Å². The number of ether oxygens (including phenoxy) is 1. The van der Waals surface area contributed by atoms with Crippen LogP contribution in [0.3, 0.4) is 0 Å². The lowest BCUT2D eigenvalue weighted by Gasteiger charge is -2.32. The minimum atomic E-state index is -0.153. The smallest absolute Gasteiger partial charge is 0.123 e. The molecule has 0 bridgehead atoms. The monoisotopic (exact) mass is 237 g/mol. The zero-order valence-electron chi connectivity index (χ0n) is 10.3. The minimum Gasteiger partial charge on any atom is -0.381 e. The van der Waals surface area contributed by atoms with Crippen molar-refractivity contribution >= 4 is 0 Å². The highest BCUT2D eigenvalue weighted by molar-refractivity contribution is 5.17. The van der Waals surface area contributed by atoms with E-state index in [-0.39, 0.29) is 5.82 Å². The summed E-state index contributed by atoms with van der Waals surface area (Å²) < 4.78 is 18.6. The van der Waals surface area contributed by atoms with Crippen molar-refractivity contribution in [3.63, 3.8) is 0 Å². The van der Waals surface area contributed by atoms with Crippen LogP contribution in [0, 0.1) is 11.7 Å².